The van der Waals surface area contributed by atoms with Crippen LogP contribution in [0.5, 0.6) is 11.5 Å². The van der Waals surface area contributed by atoms with Crippen molar-refractivity contribution in [2.75, 3.05) is 20.3 Å². The first-order chi connectivity index (χ1) is 12.2. The Bertz CT molecular complexity index is 745. The molecule has 1 atom stereocenters. The van der Waals surface area contributed by atoms with Gasteiger partial charge in [-0.25, -0.2) is 4.79 Å². The van der Waals surface area contributed by atoms with Crippen molar-refractivity contribution in [3.8, 4) is 11.5 Å². The summed E-state index contributed by atoms with van der Waals surface area (Å²) in [7, 11) is 1.64. The van der Waals surface area contributed by atoms with Crippen molar-refractivity contribution in [3.05, 3.63) is 59.2 Å². The molecule has 5 nitrogen and oxygen atoms in total. The predicted octanol–water partition coefficient (Wildman–Crippen LogP) is 2.85. The van der Waals surface area contributed by atoms with Gasteiger partial charge in [-0.05, 0) is 54.7 Å². The summed E-state index contributed by atoms with van der Waals surface area (Å²) in [5.41, 5.74) is 3.55. The average Bonchev–Trinajstić information content (AvgIpc) is 2.62. The Morgan fingerprint density at radius 1 is 1.28 bits per heavy atom. The van der Waals surface area contributed by atoms with Crippen molar-refractivity contribution in [2.45, 2.75) is 25.8 Å². The summed E-state index contributed by atoms with van der Waals surface area (Å²) in [6.07, 6.45) is 1.55. The highest BCUT2D eigenvalue weighted by atomic mass is 16.5. The number of rotatable bonds is 5. The first kappa shape index (κ1) is 17.1. The monoisotopic (exact) mass is 340 g/mol. The average molecular weight is 340 g/mol. The molecule has 2 aromatic rings. The van der Waals surface area contributed by atoms with E-state index in [-0.39, 0.29) is 12.1 Å². The summed E-state index contributed by atoms with van der Waals surface area (Å²) in [4.78, 5) is 12.1. The van der Waals surface area contributed by atoms with E-state index in [1.54, 1.807) is 7.11 Å². The lowest BCUT2D eigenvalue weighted by Gasteiger charge is -2.26. The number of carbonyl (C=O) groups excluding carboxylic acids is 1. The van der Waals surface area contributed by atoms with Gasteiger partial charge in [0.2, 0.25) is 0 Å². The standard InChI is InChI=1S/C20H24N2O3/c1-14-5-3-4-6-15(14)9-10-21-20(23)22-17-11-16-12-18(24-2)7-8-19(16)25-13-17/h3-8,12,17H,9-11,13H2,1-2H3,(H2,21,22,23)/t17-/m1/s1. The third-order valence-corrected chi connectivity index (χ3v) is 4.45. The number of fused-ring (bicyclic) bond motifs is 1. The second-order valence-electron chi connectivity index (χ2n) is 6.26. The van der Waals surface area contributed by atoms with Crippen LogP contribution in [0.1, 0.15) is 16.7 Å². The van der Waals surface area contributed by atoms with Crippen LogP contribution in [0, 0.1) is 6.92 Å². The minimum Gasteiger partial charge on any atom is -0.497 e. The Morgan fingerprint density at radius 3 is 2.92 bits per heavy atom. The van der Waals surface area contributed by atoms with Crippen LogP contribution in [-0.4, -0.2) is 32.3 Å². The minimum atomic E-state index is -0.159. The highest BCUT2D eigenvalue weighted by Crippen LogP contribution is 2.28. The zero-order chi connectivity index (χ0) is 17.6. The Labute approximate surface area is 148 Å². The summed E-state index contributed by atoms with van der Waals surface area (Å²) in [6, 6.07) is 13.8. The molecule has 0 bridgehead atoms. The molecule has 25 heavy (non-hydrogen) atoms. The van der Waals surface area contributed by atoms with Crippen LogP contribution in [0.25, 0.3) is 0 Å². The minimum absolute atomic E-state index is 0.0435. The molecule has 2 amide bonds. The van der Waals surface area contributed by atoms with Gasteiger partial charge in [-0.15, -0.1) is 0 Å². The van der Waals surface area contributed by atoms with Gasteiger partial charge in [0.1, 0.15) is 18.1 Å². The molecule has 0 radical (unpaired) electrons. The van der Waals surface area contributed by atoms with Crippen molar-refractivity contribution >= 4 is 6.03 Å². The summed E-state index contributed by atoms with van der Waals surface area (Å²) < 4.78 is 11.0. The second kappa shape index (κ2) is 7.92. The molecule has 0 fully saturated rings. The lowest BCUT2D eigenvalue weighted by atomic mass is 10.0. The lowest BCUT2D eigenvalue weighted by molar-refractivity contribution is 0.214. The van der Waals surface area contributed by atoms with Crippen LogP contribution in [0.2, 0.25) is 0 Å². The smallest absolute Gasteiger partial charge is 0.315 e. The van der Waals surface area contributed by atoms with Crippen LogP contribution >= 0.6 is 0 Å². The molecule has 132 valence electrons. The molecule has 0 saturated carbocycles. The molecule has 2 aromatic carbocycles. The maximum absolute atomic E-state index is 12.1. The van der Waals surface area contributed by atoms with Crippen LogP contribution in [0.3, 0.4) is 0 Å². The van der Waals surface area contributed by atoms with Gasteiger partial charge in [-0.1, -0.05) is 24.3 Å². The molecule has 0 aromatic heterocycles. The highest BCUT2D eigenvalue weighted by molar-refractivity contribution is 5.74. The summed E-state index contributed by atoms with van der Waals surface area (Å²) in [6.45, 7) is 3.17. The quantitative estimate of drug-likeness (QED) is 0.880. The van der Waals surface area contributed by atoms with Gasteiger partial charge in [0.15, 0.2) is 0 Å². The number of amides is 2. The first-order valence-corrected chi connectivity index (χ1v) is 8.54. The van der Waals surface area contributed by atoms with E-state index >= 15 is 0 Å². The van der Waals surface area contributed by atoms with Crippen LogP contribution in [-0.2, 0) is 12.8 Å². The molecule has 1 aliphatic rings. The molecular formula is C20H24N2O3. The highest BCUT2D eigenvalue weighted by Gasteiger charge is 2.21. The number of carbonyl (C=O) groups is 1. The van der Waals surface area contributed by atoms with Gasteiger partial charge >= 0.3 is 6.03 Å². The van der Waals surface area contributed by atoms with Crippen molar-refractivity contribution in [3.63, 3.8) is 0 Å². The largest absolute Gasteiger partial charge is 0.497 e. The topological polar surface area (TPSA) is 59.6 Å². The van der Waals surface area contributed by atoms with E-state index in [9.17, 15) is 4.79 Å². The zero-order valence-corrected chi connectivity index (χ0v) is 14.7. The molecular weight excluding hydrogens is 316 g/mol. The van der Waals surface area contributed by atoms with Gasteiger partial charge in [0, 0.05) is 6.54 Å². The van der Waals surface area contributed by atoms with Crippen LogP contribution < -0.4 is 20.1 Å². The Kier molecular flexibility index (Phi) is 5.43. The van der Waals surface area contributed by atoms with E-state index in [1.807, 2.05) is 30.3 Å². The third kappa shape index (κ3) is 4.44. The fourth-order valence-corrected chi connectivity index (χ4v) is 3.03. The number of hydrogen-bond acceptors (Lipinski definition) is 3. The maximum atomic E-state index is 12.1. The Morgan fingerprint density at radius 2 is 2.12 bits per heavy atom. The van der Waals surface area contributed by atoms with Gasteiger partial charge in [0.05, 0.1) is 13.2 Å². The van der Waals surface area contributed by atoms with Crippen molar-refractivity contribution < 1.29 is 14.3 Å². The molecule has 3 rings (SSSR count). The van der Waals surface area contributed by atoms with Crippen LogP contribution in [0.4, 0.5) is 4.79 Å². The van der Waals surface area contributed by atoms with Crippen molar-refractivity contribution in [1.82, 2.24) is 10.6 Å². The fraction of sp³-hybridized carbons (Fsp3) is 0.350. The normalized spacial score (nSPS) is 15.7. The maximum Gasteiger partial charge on any atom is 0.315 e. The predicted molar refractivity (Wildman–Crippen MR) is 97.4 cm³/mol. The number of benzene rings is 2. The summed E-state index contributed by atoms with van der Waals surface area (Å²) in [5, 5.41) is 5.90. The molecule has 5 heteroatoms. The van der Waals surface area contributed by atoms with E-state index in [0.29, 0.717) is 13.2 Å². The number of hydrogen-bond donors (Lipinski definition) is 2. The summed E-state index contributed by atoms with van der Waals surface area (Å²) in [5.74, 6) is 1.66. The Balaban J connectivity index is 1.48. The number of ether oxygens (including phenoxy) is 2. The van der Waals surface area contributed by atoms with Gasteiger partial charge in [0.25, 0.3) is 0 Å². The first-order valence-electron chi connectivity index (χ1n) is 8.54. The second-order valence-corrected chi connectivity index (χ2v) is 6.26. The molecule has 0 aliphatic carbocycles. The van der Waals surface area contributed by atoms with Crippen molar-refractivity contribution in [2.24, 2.45) is 0 Å². The molecule has 0 unspecified atom stereocenters. The zero-order valence-electron chi connectivity index (χ0n) is 14.7. The molecule has 2 N–H and O–H groups in total. The van der Waals surface area contributed by atoms with E-state index in [2.05, 4.69) is 29.7 Å². The van der Waals surface area contributed by atoms with E-state index in [4.69, 9.17) is 9.47 Å². The van der Waals surface area contributed by atoms with Crippen molar-refractivity contribution in [1.29, 1.82) is 0 Å². The number of methoxy groups -OCH3 is 1. The Hall–Kier alpha value is -2.69. The van der Waals surface area contributed by atoms with E-state index < -0.39 is 0 Å². The molecule has 1 aliphatic heterocycles. The fourth-order valence-electron chi connectivity index (χ4n) is 3.03. The molecule has 1 heterocycles. The van der Waals surface area contributed by atoms with Gasteiger partial charge in [-0.2, -0.15) is 0 Å². The van der Waals surface area contributed by atoms with Gasteiger partial charge < -0.3 is 20.1 Å². The number of aryl methyl sites for hydroxylation is 1. The summed E-state index contributed by atoms with van der Waals surface area (Å²) >= 11 is 0. The van der Waals surface area contributed by atoms with Crippen LogP contribution in [0.15, 0.2) is 42.5 Å². The number of urea groups is 1. The third-order valence-electron chi connectivity index (χ3n) is 4.45. The SMILES string of the molecule is COc1ccc2c(c1)C[C@@H](NC(=O)NCCc1ccccc1C)CO2. The lowest BCUT2D eigenvalue weighted by Crippen LogP contribution is -2.47. The van der Waals surface area contributed by atoms with E-state index in [0.717, 1.165) is 29.9 Å². The van der Waals surface area contributed by atoms with E-state index in [1.165, 1.54) is 11.1 Å². The molecule has 0 spiro atoms. The number of nitrogens with one attached hydrogen (secondary N) is 2. The molecule has 0 saturated heterocycles. The van der Waals surface area contributed by atoms with Gasteiger partial charge in [-0.3, -0.25) is 0 Å².